The summed E-state index contributed by atoms with van der Waals surface area (Å²) in [4.78, 5) is 4.63. The lowest BCUT2D eigenvalue weighted by Crippen LogP contribution is -2.09. The SMILES string of the molecule is CCc1ccc(-c2nc(C)n(CC(C)C)c2N)cc1. The Morgan fingerprint density at radius 2 is 1.84 bits per heavy atom. The zero-order valence-electron chi connectivity index (χ0n) is 12.3. The average molecular weight is 257 g/mol. The van der Waals surface area contributed by atoms with Crippen LogP contribution in [0.2, 0.25) is 0 Å². The van der Waals surface area contributed by atoms with E-state index >= 15 is 0 Å². The van der Waals surface area contributed by atoms with Gasteiger partial charge in [0.1, 0.15) is 17.3 Å². The quantitative estimate of drug-likeness (QED) is 0.908. The largest absolute Gasteiger partial charge is 0.383 e. The summed E-state index contributed by atoms with van der Waals surface area (Å²) in [5.41, 5.74) is 9.59. The maximum atomic E-state index is 6.26. The van der Waals surface area contributed by atoms with Crippen LogP contribution in [0.15, 0.2) is 24.3 Å². The van der Waals surface area contributed by atoms with Crippen LogP contribution in [-0.4, -0.2) is 9.55 Å². The van der Waals surface area contributed by atoms with E-state index in [2.05, 4.69) is 54.6 Å². The predicted molar refractivity (Wildman–Crippen MR) is 81.0 cm³/mol. The van der Waals surface area contributed by atoms with Gasteiger partial charge in [-0.15, -0.1) is 0 Å². The number of nitrogens with two attached hydrogens (primary N) is 1. The fourth-order valence-corrected chi connectivity index (χ4v) is 2.29. The number of aryl methyl sites for hydroxylation is 2. The molecule has 0 atom stereocenters. The molecule has 3 heteroatoms. The third-order valence-electron chi connectivity index (χ3n) is 3.38. The van der Waals surface area contributed by atoms with Crippen molar-refractivity contribution in [2.24, 2.45) is 5.92 Å². The van der Waals surface area contributed by atoms with Gasteiger partial charge in [0.25, 0.3) is 0 Å². The molecular formula is C16H23N3. The third-order valence-corrected chi connectivity index (χ3v) is 3.38. The molecule has 0 radical (unpaired) electrons. The van der Waals surface area contributed by atoms with Crippen molar-refractivity contribution < 1.29 is 0 Å². The first-order chi connectivity index (χ1) is 9.02. The van der Waals surface area contributed by atoms with E-state index in [1.54, 1.807) is 0 Å². The Balaban J connectivity index is 2.39. The van der Waals surface area contributed by atoms with Crippen LogP contribution in [0.3, 0.4) is 0 Å². The summed E-state index contributed by atoms with van der Waals surface area (Å²) in [7, 11) is 0. The first-order valence-corrected chi connectivity index (χ1v) is 6.94. The van der Waals surface area contributed by atoms with Crippen molar-refractivity contribution in [3.8, 4) is 11.3 Å². The summed E-state index contributed by atoms with van der Waals surface area (Å²) in [5, 5.41) is 0. The van der Waals surface area contributed by atoms with Crippen LogP contribution in [0.4, 0.5) is 5.82 Å². The molecule has 0 aliphatic heterocycles. The molecule has 0 aliphatic carbocycles. The van der Waals surface area contributed by atoms with Gasteiger partial charge < -0.3 is 10.3 Å². The minimum Gasteiger partial charge on any atom is -0.383 e. The topological polar surface area (TPSA) is 43.8 Å². The van der Waals surface area contributed by atoms with E-state index < -0.39 is 0 Å². The second-order valence-electron chi connectivity index (χ2n) is 5.45. The maximum Gasteiger partial charge on any atom is 0.131 e. The van der Waals surface area contributed by atoms with Gasteiger partial charge in [0, 0.05) is 12.1 Å². The summed E-state index contributed by atoms with van der Waals surface area (Å²) in [5.74, 6) is 2.32. The fraction of sp³-hybridized carbons (Fsp3) is 0.438. The normalized spacial score (nSPS) is 11.2. The van der Waals surface area contributed by atoms with Crippen molar-refractivity contribution in [3.63, 3.8) is 0 Å². The fourth-order valence-electron chi connectivity index (χ4n) is 2.29. The molecule has 0 bridgehead atoms. The van der Waals surface area contributed by atoms with Gasteiger partial charge >= 0.3 is 0 Å². The highest BCUT2D eigenvalue weighted by molar-refractivity contribution is 5.71. The Labute approximate surface area is 115 Å². The van der Waals surface area contributed by atoms with Crippen LogP contribution in [-0.2, 0) is 13.0 Å². The van der Waals surface area contributed by atoms with E-state index in [9.17, 15) is 0 Å². The van der Waals surface area contributed by atoms with Crippen LogP contribution in [0.5, 0.6) is 0 Å². The van der Waals surface area contributed by atoms with Crippen molar-refractivity contribution in [1.29, 1.82) is 0 Å². The number of aromatic nitrogens is 2. The van der Waals surface area contributed by atoms with Crippen LogP contribution in [0, 0.1) is 12.8 Å². The Kier molecular flexibility index (Phi) is 3.93. The molecule has 2 N–H and O–H groups in total. The van der Waals surface area contributed by atoms with Gasteiger partial charge in [-0.2, -0.15) is 0 Å². The van der Waals surface area contributed by atoms with Crippen LogP contribution in [0.1, 0.15) is 32.2 Å². The van der Waals surface area contributed by atoms with E-state index in [1.807, 2.05) is 6.92 Å². The second-order valence-corrected chi connectivity index (χ2v) is 5.45. The summed E-state index contributed by atoms with van der Waals surface area (Å²) in [6.45, 7) is 9.47. The molecule has 1 aromatic heterocycles. The van der Waals surface area contributed by atoms with Crippen LogP contribution >= 0.6 is 0 Å². The zero-order valence-corrected chi connectivity index (χ0v) is 12.3. The minimum absolute atomic E-state index is 0.561. The molecule has 0 saturated heterocycles. The number of benzene rings is 1. The summed E-state index contributed by atoms with van der Waals surface area (Å²) in [6, 6.07) is 8.50. The van der Waals surface area contributed by atoms with Crippen molar-refractivity contribution in [2.75, 3.05) is 5.73 Å². The van der Waals surface area contributed by atoms with E-state index in [0.29, 0.717) is 5.92 Å². The van der Waals surface area contributed by atoms with Gasteiger partial charge in [-0.05, 0) is 24.8 Å². The third kappa shape index (κ3) is 2.80. The van der Waals surface area contributed by atoms with Gasteiger partial charge in [0.2, 0.25) is 0 Å². The summed E-state index contributed by atoms with van der Waals surface area (Å²) in [6.07, 6.45) is 1.05. The lowest BCUT2D eigenvalue weighted by molar-refractivity contribution is 0.518. The Hall–Kier alpha value is -1.77. The zero-order chi connectivity index (χ0) is 14.0. The molecule has 0 fully saturated rings. The average Bonchev–Trinajstić information content (AvgIpc) is 2.66. The lowest BCUT2D eigenvalue weighted by Gasteiger charge is -2.10. The second kappa shape index (κ2) is 5.47. The van der Waals surface area contributed by atoms with E-state index in [-0.39, 0.29) is 0 Å². The molecule has 0 aliphatic rings. The highest BCUT2D eigenvalue weighted by Gasteiger charge is 2.14. The molecule has 0 spiro atoms. The number of nitrogen functional groups attached to an aromatic ring is 1. The highest BCUT2D eigenvalue weighted by atomic mass is 15.1. The van der Waals surface area contributed by atoms with Gasteiger partial charge in [-0.25, -0.2) is 4.98 Å². The number of nitrogens with zero attached hydrogens (tertiary/aromatic N) is 2. The molecule has 2 aromatic rings. The molecule has 2 rings (SSSR count). The molecular weight excluding hydrogens is 234 g/mol. The molecule has 1 heterocycles. The molecule has 3 nitrogen and oxygen atoms in total. The van der Waals surface area contributed by atoms with E-state index in [1.165, 1.54) is 5.56 Å². The van der Waals surface area contributed by atoms with Crippen LogP contribution in [0.25, 0.3) is 11.3 Å². The molecule has 0 unspecified atom stereocenters. The molecule has 1 aromatic carbocycles. The Bertz CT molecular complexity index is 550. The number of anilines is 1. The first kappa shape index (κ1) is 13.7. The van der Waals surface area contributed by atoms with E-state index in [4.69, 9.17) is 5.73 Å². The van der Waals surface area contributed by atoms with E-state index in [0.717, 1.165) is 35.9 Å². The van der Waals surface area contributed by atoms with Crippen molar-refractivity contribution >= 4 is 5.82 Å². The van der Waals surface area contributed by atoms with Gasteiger partial charge in [-0.1, -0.05) is 45.0 Å². The highest BCUT2D eigenvalue weighted by Crippen LogP contribution is 2.27. The van der Waals surface area contributed by atoms with Crippen molar-refractivity contribution in [3.05, 3.63) is 35.7 Å². The molecule has 19 heavy (non-hydrogen) atoms. The predicted octanol–water partition coefficient (Wildman–Crippen LogP) is 3.66. The monoisotopic (exact) mass is 257 g/mol. The van der Waals surface area contributed by atoms with Crippen molar-refractivity contribution in [2.45, 2.75) is 40.7 Å². The first-order valence-electron chi connectivity index (χ1n) is 6.94. The lowest BCUT2D eigenvalue weighted by atomic mass is 10.1. The maximum absolute atomic E-state index is 6.26. The summed E-state index contributed by atoms with van der Waals surface area (Å²) >= 11 is 0. The number of hydrogen-bond acceptors (Lipinski definition) is 2. The Morgan fingerprint density at radius 3 is 2.37 bits per heavy atom. The smallest absolute Gasteiger partial charge is 0.131 e. The summed E-state index contributed by atoms with van der Waals surface area (Å²) < 4.78 is 2.10. The number of hydrogen-bond donors (Lipinski definition) is 1. The standard InChI is InChI=1S/C16H23N3/c1-5-13-6-8-14(9-7-13)15-16(17)19(10-11(2)3)12(4)18-15/h6-9,11H,5,10,17H2,1-4H3. The molecule has 102 valence electrons. The number of rotatable bonds is 4. The molecule has 0 amide bonds. The molecule has 0 saturated carbocycles. The minimum atomic E-state index is 0.561. The Morgan fingerprint density at radius 1 is 1.21 bits per heavy atom. The van der Waals surface area contributed by atoms with Gasteiger partial charge in [-0.3, -0.25) is 0 Å². The van der Waals surface area contributed by atoms with Gasteiger partial charge in [0.15, 0.2) is 0 Å². The number of imidazole rings is 1. The van der Waals surface area contributed by atoms with Gasteiger partial charge in [0.05, 0.1) is 0 Å². The van der Waals surface area contributed by atoms with Crippen LogP contribution < -0.4 is 5.73 Å². The van der Waals surface area contributed by atoms with Crippen molar-refractivity contribution in [1.82, 2.24) is 9.55 Å².